The van der Waals surface area contributed by atoms with Gasteiger partial charge in [-0.3, -0.25) is 9.40 Å². The summed E-state index contributed by atoms with van der Waals surface area (Å²) in [6.07, 6.45) is 0. The normalized spacial score (nSPS) is 11.4. The fraction of sp³-hybridized carbons (Fsp3) is 0.263. The van der Waals surface area contributed by atoms with E-state index in [2.05, 4.69) is 9.82 Å². The first kappa shape index (κ1) is 20.1. The van der Waals surface area contributed by atoms with E-state index in [1.54, 1.807) is 23.7 Å². The Hall–Kier alpha value is -2.65. The smallest absolute Gasteiger partial charge is 0.338 e. The van der Waals surface area contributed by atoms with E-state index in [0.717, 1.165) is 21.8 Å². The Morgan fingerprint density at radius 2 is 1.86 bits per heavy atom. The summed E-state index contributed by atoms with van der Waals surface area (Å²) in [6.45, 7) is 5.86. The summed E-state index contributed by atoms with van der Waals surface area (Å²) in [7, 11) is -1.88. The molecule has 0 atom stereocenters. The van der Waals surface area contributed by atoms with Gasteiger partial charge in [-0.25, -0.2) is 13.2 Å². The Bertz CT molecular complexity index is 1110. The van der Waals surface area contributed by atoms with Crippen molar-refractivity contribution in [2.45, 2.75) is 25.0 Å². The van der Waals surface area contributed by atoms with Crippen molar-refractivity contribution in [3.63, 3.8) is 0 Å². The molecule has 7 nitrogen and oxygen atoms in total. The predicted molar refractivity (Wildman–Crippen MR) is 109 cm³/mol. The van der Waals surface area contributed by atoms with Gasteiger partial charge in [0.1, 0.15) is 4.21 Å². The third-order valence-electron chi connectivity index (χ3n) is 4.25. The zero-order valence-electron chi connectivity index (χ0n) is 16.0. The van der Waals surface area contributed by atoms with Crippen LogP contribution < -0.4 is 4.72 Å². The van der Waals surface area contributed by atoms with Crippen molar-refractivity contribution >= 4 is 33.0 Å². The lowest BCUT2D eigenvalue weighted by Crippen LogP contribution is -2.11. The highest BCUT2D eigenvalue weighted by atomic mass is 32.2. The van der Waals surface area contributed by atoms with Gasteiger partial charge in [-0.1, -0.05) is 0 Å². The Morgan fingerprint density at radius 1 is 1.18 bits per heavy atom. The number of anilines is 1. The minimum atomic E-state index is -3.74. The first-order valence-electron chi connectivity index (χ1n) is 8.63. The van der Waals surface area contributed by atoms with Crippen molar-refractivity contribution in [1.29, 1.82) is 0 Å². The molecule has 0 saturated carbocycles. The first-order valence-corrected chi connectivity index (χ1v) is 10.9. The van der Waals surface area contributed by atoms with Crippen LogP contribution in [0.2, 0.25) is 0 Å². The molecule has 28 heavy (non-hydrogen) atoms. The number of carbonyl (C=O) groups excluding carboxylic acids is 1. The van der Waals surface area contributed by atoms with Crippen LogP contribution in [0.4, 0.5) is 5.69 Å². The molecule has 0 fully saturated rings. The van der Waals surface area contributed by atoms with Gasteiger partial charge < -0.3 is 4.74 Å². The second-order valence-electron chi connectivity index (χ2n) is 6.19. The molecular formula is C19H21N3O4S2. The van der Waals surface area contributed by atoms with Gasteiger partial charge in [0.2, 0.25) is 0 Å². The fourth-order valence-corrected chi connectivity index (χ4v) is 5.34. The lowest BCUT2D eigenvalue weighted by molar-refractivity contribution is 0.0526. The van der Waals surface area contributed by atoms with E-state index in [0.29, 0.717) is 11.3 Å². The van der Waals surface area contributed by atoms with E-state index in [1.807, 2.05) is 20.9 Å². The number of hydrogen-bond donors (Lipinski definition) is 1. The molecule has 0 aliphatic heterocycles. The average molecular weight is 420 g/mol. The molecule has 3 aromatic rings. The molecule has 2 aromatic heterocycles. The quantitative estimate of drug-likeness (QED) is 0.615. The van der Waals surface area contributed by atoms with Crippen LogP contribution in [-0.2, 0) is 21.8 Å². The Labute approximate surface area is 168 Å². The number of aromatic nitrogens is 2. The van der Waals surface area contributed by atoms with Gasteiger partial charge in [-0.15, -0.1) is 11.3 Å². The van der Waals surface area contributed by atoms with Crippen molar-refractivity contribution in [3.8, 4) is 10.4 Å². The minimum absolute atomic E-state index is 0.208. The number of hydrogen-bond acceptors (Lipinski definition) is 6. The summed E-state index contributed by atoms with van der Waals surface area (Å²) in [4.78, 5) is 12.5. The molecule has 0 unspecified atom stereocenters. The topological polar surface area (TPSA) is 90.3 Å². The molecule has 0 spiro atoms. The van der Waals surface area contributed by atoms with Crippen molar-refractivity contribution in [2.24, 2.45) is 7.05 Å². The number of nitrogens with one attached hydrogen (secondary N) is 1. The van der Waals surface area contributed by atoms with Gasteiger partial charge in [0.15, 0.2) is 0 Å². The Kier molecular flexibility index (Phi) is 5.57. The van der Waals surface area contributed by atoms with Gasteiger partial charge in [0, 0.05) is 28.9 Å². The number of thiophene rings is 1. The van der Waals surface area contributed by atoms with Crippen molar-refractivity contribution in [2.75, 3.05) is 11.3 Å². The Morgan fingerprint density at radius 3 is 2.43 bits per heavy atom. The number of rotatable bonds is 6. The second kappa shape index (κ2) is 7.76. The number of aryl methyl sites for hydroxylation is 2. The van der Waals surface area contributed by atoms with Crippen LogP contribution in [0, 0.1) is 13.8 Å². The van der Waals surface area contributed by atoms with Crippen LogP contribution in [0.15, 0.2) is 40.6 Å². The molecule has 0 saturated heterocycles. The van der Waals surface area contributed by atoms with Gasteiger partial charge in [0.25, 0.3) is 10.0 Å². The Balaban J connectivity index is 1.82. The zero-order valence-corrected chi connectivity index (χ0v) is 17.6. The summed E-state index contributed by atoms with van der Waals surface area (Å²) < 4.78 is 34.9. The van der Waals surface area contributed by atoms with Gasteiger partial charge in [0.05, 0.1) is 17.9 Å². The monoisotopic (exact) mass is 419 g/mol. The summed E-state index contributed by atoms with van der Waals surface area (Å²) >= 11 is 1.19. The standard InChI is InChI=1S/C19H21N3O4S2/c1-5-26-19(23)14-6-8-15(9-7-14)21-28(24,25)17-11-10-16(27-17)18-12(2)20-22(4)13(18)3/h6-11,21H,5H2,1-4H3. The van der Waals surface area contributed by atoms with Crippen LogP contribution in [-0.4, -0.2) is 30.8 Å². The summed E-state index contributed by atoms with van der Waals surface area (Å²) in [6, 6.07) is 9.50. The number of carbonyl (C=O) groups is 1. The second-order valence-corrected chi connectivity index (χ2v) is 9.18. The summed E-state index contributed by atoms with van der Waals surface area (Å²) in [5.74, 6) is -0.443. The largest absolute Gasteiger partial charge is 0.462 e. The number of nitrogens with zero attached hydrogens (tertiary/aromatic N) is 2. The molecule has 3 rings (SSSR count). The lowest BCUT2D eigenvalue weighted by atomic mass is 10.1. The van der Waals surface area contributed by atoms with Crippen LogP contribution in [0.25, 0.3) is 10.4 Å². The maximum atomic E-state index is 12.7. The van der Waals surface area contributed by atoms with E-state index < -0.39 is 16.0 Å². The van der Waals surface area contributed by atoms with Crippen molar-refractivity contribution < 1.29 is 17.9 Å². The molecule has 1 N–H and O–H groups in total. The van der Waals surface area contributed by atoms with E-state index in [4.69, 9.17) is 4.74 Å². The van der Waals surface area contributed by atoms with Crippen LogP contribution in [0.5, 0.6) is 0 Å². The van der Waals surface area contributed by atoms with Gasteiger partial charge in [-0.05, 0) is 57.2 Å². The van der Waals surface area contributed by atoms with E-state index >= 15 is 0 Å². The van der Waals surface area contributed by atoms with Crippen molar-refractivity contribution in [1.82, 2.24) is 9.78 Å². The SMILES string of the molecule is CCOC(=O)c1ccc(NS(=O)(=O)c2ccc(-c3c(C)nn(C)c3C)s2)cc1. The summed E-state index contributed by atoms with van der Waals surface area (Å²) in [5, 5.41) is 4.38. The molecule has 1 aromatic carbocycles. The first-order chi connectivity index (χ1) is 13.2. The highest BCUT2D eigenvalue weighted by molar-refractivity contribution is 7.94. The van der Waals surface area contributed by atoms with E-state index in [-0.39, 0.29) is 10.8 Å². The third kappa shape index (κ3) is 3.95. The zero-order chi connectivity index (χ0) is 20.5. The molecule has 0 aliphatic carbocycles. The van der Waals surface area contributed by atoms with Gasteiger partial charge >= 0.3 is 5.97 Å². The number of esters is 1. The molecule has 0 aliphatic rings. The van der Waals surface area contributed by atoms with Crippen LogP contribution >= 0.6 is 11.3 Å². The van der Waals surface area contributed by atoms with E-state index in [1.165, 1.54) is 35.6 Å². The molecule has 2 heterocycles. The highest BCUT2D eigenvalue weighted by Crippen LogP contribution is 2.35. The summed E-state index contributed by atoms with van der Waals surface area (Å²) in [5.41, 5.74) is 3.52. The predicted octanol–water partition coefficient (Wildman–Crippen LogP) is 3.74. The maximum Gasteiger partial charge on any atom is 0.338 e. The fourth-order valence-electron chi connectivity index (χ4n) is 2.82. The number of ether oxygens (including phenoxy) is 1. The molecule has 0 amide bonds. The van der Waals surface area contributed by atoms with Gasteiger partial charge in [-0.2, -0.15) is 5.10 Å². The molecular weight excluding hydrogens is 398 g/mol. The van der Waals surface area contributed by atoms with Crippen LogP contribution in [0.3, 0.4) is 0 Å². The number of sulfonamides is 1. The minimum Gasteiger partial charge on any atom is -0.462 e. The molecule has 9 heteroatoms. The van der Waals surface area contributed by atoms with Crippen LogP contribution in [0.1, 0.15) is 28.7 Å². The third-order valence-corrected chi connectivity index (χ3v) is 7.23. The molecule has 0 radical (unpaired) electrons. The van der Waals surface area contributed by atoms with E-state index in [9.17, 15) is 13.2 Å². The maximum absolute atomic E-state index is 12.7. The molecule has 148 valence electrons. The lowest BCUT2D eigenvalue weighted by Gasteiger charge is -2.07. The molecule has 0 bridgehead atoms. The highest BCUT2D eigenvalue weighted by Gasteiger charge is 2.20. The van der Waals surface area contributed by atoms with Crippen molar-refractivity contribution in [3.05, 3.63) is 53.3 Å². The average Bonchev–Trinajstić information content (AvgIpc) is 3.21. The number of benzene rings is 1.